The molecule has 1 atom stereocenters. The van der Waals surface area contributed by atoms with E-state index in [2.05, 4.69) is 31.5 Å². The van der Waals surface area contributed by atoms with Gasteiger partial charge >= 0.3 is 0 Å². The Kier molecular flexibility index (Phi) is 7.31. The van der Waals surface area contributed by atoms with Crippen molar-refractivity contribution in [2.24, 2.45) is 7.05 Å². The third-order valence-corrected chi connectivity index (χ3v) is 4.95. The summed E-state index contributed by atoms with van der Waals surface area (Å²) in [7, 11) is 2.09. The molecule has 0 spiro atoms. The van der Waals surface area contributed by atoms with Gasteiger partial charge in [-0.05, 0) is 31.0 Å². The summed E-state index contributed by atoms with van der Waals surface area (Å²) in [6, 6.07) is 8.03. The summed E-state index contributed by atoms with van der Waals surface area (Å²) in [5.41, 5.74) is 2.80. The minimum Gasteiger partial charge on any atom is -0.331 e. The van der Waals surface area contributed by atoms with Gasteiger partial charge in [-0.25, -0.2) is 4.98 Å². The van der Waals surface area contributed by atoms with Crippen LogP contribution in [0.25, 0.3) is 11.0 Å². The van der Waals surface area contributed by atoms with Crippen molar-refractivity contribution < 1.29 is 0 Å². The Morgan fingerprint density at radius 1 is 1.04 bits per heavy atom. The zero-order valence-corrected chi connectivity index (χ0v) is 15.5. The lowest BCUT2D eigenvalue weighted by molar-refractivity contribution is 0.487. The molecule has 0 fully saturated rings. The van der Waals surface area contributed by atoms with E-state index in [0.29, 0.717) is 11.5 Å². The van der Waals surface area contributed by atoms with Crippen molar-refractivity contribution in [3.8, 4) is 6.07 Å². The predicted molar refractivity (Wildman–Crippen MR) is 101 cm³/mol. The number of hydrogen-bond donors (Lipinski definition) is 0. The molecular formula is C21H31N3. The van der Waals surface area contributed by atoms with Gasteiger partial charge in [0.05, 0.1) is 22.7 Å². The lowest BCUT2D eigenvalue weighted by atomic mass is 9.95. The first-order chi connectivity index (χ1) is 11.7. The van der Waals surface area contributed by atoms with Crippen LogP contribution >= 0.6 is 0 Å². The third kappa shape index (κ3) is 4.60. The number of aryl methyl sites for hydroxylation is 1. The summed E-state index contributed by atoms with van der Waals surface area (Å²) in [5.74, 6) is 1.72. The largest absolute Gasteiger partial charge is 0.331 e. The van der Waals surface area contributed by atoms with Crippen LogP contribution in [0.15, 0.2) is 18.2 Å². The van der Waals surface area contributed by atoms with Gasteiger partial charge in [-0.1, -0.05) is 58.8 Å². The number of benzene rings is 1. The maximum Gasteiger partial charge on any atom is 0.112 e. The van der Waals surface area contributed by atoms with E-state index in [1.54, 1.807) is 0 Å². The highest BCUT2D eigenvalue weighted by atomic mass is 15.1. The molecule has 1 heterocycles. The van der Waals surface area contributed by atoms with Gasteiger partial charge in [0.2, 0.25) is 0 Å². The van der Waals surface area contributed by atoms with Gasteiger partial charge in [0, 0.05) is 13.0 Å². The molecule has 0 radical (unpaired) electrons. The van der Waals surface area contributed by atoms with Crippen LogP contribution in [0.4, 0.5) is 0 Å². The number of rotatable bonds is 10. The standard InChI is InChI=1S/C21H31N3/c1-4-6-7-8-9-10-12-18(11-5-2)21-23-19-14-13-17(16-22)15-20(19)24(21)3/h13-15,18H,4-12H2,1-3H3. The highest BCUT2D eigenvalue weighted by Gasteiger charge is 2.18. The van der Waals surface area contributed by atoms with Crippen molar-refractivity contribution in [1.29, 1.82) is 5.26 Å². The first kappa shape index (κ1) is 18.5. The van der Waals surface area contributed by atoms with Crippen molar-refractivity contribution in [1.82, 2.24) is 9.55 Å². The number of fused-ring (bicyclic) bond motifs is 1. The van der Waals surface area contributed by atoms with Crippen molar-refractivity contribution in [2.75, 3.05) is 0 Å². The van der Waals surface area contributed by atoms with Gasteiger partial charge in [0.15, 0.2) is 0 Å². The van der Waals surface area contributed by atoms with Crippen molar-refractivity contribution >= 4 is 11.0 Å². The van der Waals surface area contributed by atoms with E-state index in [-0.39, 0.29) is 0 Å². The van der Waals surface area contributed by atoms with Gasteiger partial charge in [0.25, 0.3) is 0 Å². The first-order valence-electron chi connectivity index (χ1n) is 9.57. The number of nitriles is 1. The fourth-order valence-corrected chi connectivity index (χ4v) is 3.57. The van der Waals surface area contributed by atoms with Crippen molar-refractivity contribution in [3.63, 3.8) is 0 Å². The number of unbranched alkanes of at least 4 members (excludes halogenated alkanes) is 5. The molecule has 2 aromatic rings. The SMILES string of the molecule is CCCCCCCCC(CCC)c1nc2ccc(C#N)cc2n1C. The molecule has 0 aliphatic rings. The average Bonchev–Trinajstić information content (AvgIpc) is 2.93. The van der Waals surface area contributed by atoms with E-state index in [9.17, 15) is 0 Å². The molecule has 3 heteroatoms. The Morgan fingerprint density at radius 2 is 1.79 bits per heavy atom. The highest BCUT2D eigenvalue weighted by molar-refractivity contribution is 5.77. The Bertz CT molecular complexity index is 678. The molecular weight excluding hydrogens is 294 g/mol. The molecule has 24 heavy (non-hydrogen) atoms. The molecule has 3 nitrogen and oxygen atoms in total. The maximum absolute atomic E-state index is 9.11. The van der Waals surface area contributed by atoms with E-state index in [1.807, 2.05) is 18.2 Å². The lowest BCUT2D eigenvalue weighted by Crippen LogP contribution is -2.06. The normalized spacial score (nSPS) is 12.4. The van der Waals surface area contributed by atoms with Crippen LogP contribution in [-0.2, 0) is 7.05 Å². The van der Waals surface area contributed by atoms with Crippen LogP contribution in [0, 0.1) is 11.3 Å². The molecule has 0 bridgehead atoms. The number of hydrogen-bond acceptors (Lipinski definition) is 2. The summed E-state index contributed by atoms with van der Waals surface area (Å²) in [6.45, 7) is 4.52. The number of imidazole rings is 1. The molecule has 2 rings (SSSR count). The Balaban J connectivity index is 2.08. The fraction of sp³-hybridized carbons (Fsp3) is 0.619. The van der Waals surface area contributed by atoms with E-state index in [4.69, 9.17) is 10.2 Å². The summed E-state index contributed by atoms with van der Waals surface area (Å²) >= 11 is 0. The molecule has 0 N–H and O–H groups in total. The molecule has 130 valence electrons. The van der Waals surface area contributed by atoms with Gasteiger partial charge in [-0.3, -0.25) is 0 Å². The number of nitrogens with zero attached hydrogens (tertiary/aromatic N) is 3. The van der Waals surface area contributed by atoms with Crippen LogP contribution in [0.3, 0.4) is 0 Å². The zero-order chi connectivity index (χ0) is 17.4. The van der Waals surface area contributed by atoms with Crippen LogP contribution in [0.2, 0.25) is 0 Å². The lowest BCUT2D eigenvalue weighted by Gasteiger charge is -2.16. The fourth-order valence-electron chi connectivity index (χ4n) is 3.57. The summed E-state index contributed by atoms with van der Waals surface area (Å²) in [5, 5.41) is 9.11. The Morgan fingerprint density at radius 3 is 2.50 bits per heavy atom. The molecule has 1 aromatic carbocycles. The van der Waals surface area contributed by atoms with Gasteiger partial charge in [-0.15, -0.1) is 0 Å². The summed E-state index contributed by atoms with van der Waals surface area (Å²) in [4.78, 5) is 4.89. The monoisotopic (exact) mass is 325 g/mol. The first-order valence-corrected chi connectivity index (χ1v) is 9.57. The quantitative estimate of drug-likeness (QED) is 0.497. The van der Waals surface area contributed by atoms with Crippen molar-refractivity contribution in [2.45, 2.75) is 77.6 Å². The second kappa shape index (κ2) is 9.47. The van der Waals surface area contributed by atoms with Crippen LogP contribution < -0.4 is 0 Å². The second-order valence-electron chi connectivity index (χ2n) is 6.89. The average molecular weight is 326 g/mol. The van der Waals surface area contributed by atoms with E-state index in [0.717, 1.165) is 11.0 Å². The maximum atomic E-state index is 9.11. The molecule has 1 aromatic heterocycles. The van der Waals surface area contributed by atoms with Gasteiger partial charge < -0.3 is 4.57 Å². The van der Waals surface area contributed by atoms with E-state index in [1.165, 1.54) is 63.6 Å². The molecule has 0 saturated heterocycles. The van der Waals surface area contributed by atoms with Crippen LogP contribution in [0.1, 0.15) is 88.9 Å². The van der Waals surface area contributed by atoms with E-state index < -0.39 is 0 Å². The second-order valence-corrected chi connectivity index (χ2v) is 6.89. The van der Waals surface area contributed by atoms with Crippen molar-refractivity contribution in [3.05, 3.63) is 29.6 Å². The summed E-state index contributed by atoms with van der Waals surface area (Å²) in [6.07, 6.45) is 11.6. The smallest absolute Gasteiger partial charge is 0.112 e. The van der Waals surface area contributed by atoms with Gasteiger partial charge in [-0.2, -0.15) is 5.26 Å². The zero-order valence-electron chi connectivity index (χ0n) is 15.5. The number of aromatic nitrogens is 2. The minimum atomic E-state index is 0.532. The van der Waals surface area contributed by atoms with Crippen LogP contribution in [-0.4, -0.2) is 9.55 Å². The Labute approximate surface area is 146 Å². The van der Waals surface area contributed by atoms with Gasteiger partial charge in [0.1, 0.15) is 5.82 Å². The molecule has 0 aliphatic carbocycles. The molecule has 0 aliphatic heterocycles. The Hall–Kier alpha value is -1.82. The third-order valence-electron chi connectivity index (χ3n) is 4.95. The summed E-state index contributed by atoms with van der Waals surface area (Å²) < 4.78 is 2.20. The molecule has 0 amide bonds. The predicted octanol–water partition coefficient (Wildman–Crippen LogP) is 6.08. The topological polar surface area (TPSA) is 41.6 Å². The van der Waals surface area contributed by atoms with Crippen LogP contribution in [0.5, 0.6) is 0 Å². The minimum absolute atomic E-state index is 0.532. The molecule has 0 saturated carbocycles. The van der Waals surface area contributed by atoms with E-state index >= 15 is 0 Å². The highest BCUT2D eigenvalue weighted by Crippen LogP contribution is 2.29. The molecule has 1 unspecified atom stereocenters.